The number of halogens is 3. The number of aromatic amines is 2. The van der Waals surface area contributed by atoms with E-state index in [-0.39, 0.29) is 18.1 Å². The average molecular weight is 560 g/mol. The zero-order valence-electron chi connectivity index (χ0n) is 20.2. The molecular formula is C25H20F3N5O5S. The molecule has 0 fully saturated rings. The lowest BCUT2D eigenvalue weighted by molar-refractivity contribution is -0.274. The molecule has 5 heterocycles. The molecule has 10 nitrogen and oxygen atoms in total. The Morgan fingerprint density at radius 2 is 2.10 bits per heavy atom. The van der Waals surface area contributed by atoms with Crippen molar-refractivity contribution in [2.45, 2.75) is 36.2 Å². The molecule has 1 aliphatic rings. The van der Waals surface area contributed by atoms with Crippen molar-refractivity contribution in [3.05, 3.63) is 53.5 Å². The molecular weight excluding hydrogens is 539 g/mol. The maximum atomic E-state index is 12.6. The molecule has 5 aromatic rings. The number of esters is 1. The number of hydrogen-bond donors (Lipinski definition) is 4. The van der Waals surface area contributed by atoms with Gasteiger partial charge in [0.1, 0.15) is 17.0 Å². The third kappa shape index (κ3) is 4.82. The van der Waals surface area contributed by atoms with Crippen molar-refractivity contribution >= 4 is 39.7 Å². The summed E-state index contributed by atoms with van der Waals surface area (Å²) in [4.78, 5) is 27.5. The van der Waals surface area contributed by atoms with Gasteiger partial charge in [-0.3, -0.25) is 0 Å². The highest BCUT2D eigenvalue weighted by Gasteiger charge is 2.32. The van der Waals surface area contributed by atoms with Crippen LogP contribution < -0.4 is 10.1 Å². The number of nitrogens with zero attached hydrogens (tertiary/aromatic N) is 2. The number of pyridine rings is 1. The number of nitrogens with one attached hydrogen (secondary N) is 3. The summed E-state index contributed by atoms with van der Waals surface area (Å²) >= 11 is 1.14. The number of hydrogen-bond acceptors (Lipinski definition) is 9. The Hall–Kier alpha value is -4.01. The normalized spacial score (nSPS) is 15.6. The molecule has 0 saturated heterocycles. The first-order valence-electron chi connectivity index (χ1n) is 11.8. The summed E-state index contributed by atoms with van der Waals surface area (Å²) in [5.41, 5.74) is 3.21. The summed E-state index contributed by atoms with van der Waals surface area (Å²) in [7, 11) is 0. The number of β-amino-alcohol motifs (C(OH)–C–C–N with tert-alkyl or cyclic N) is 1. The molecule has 0 spiro atoms. The van der Waals surface area contributed by atoms with Gasteiger partial charge in [-0.2, -0.15) is 0 Å². The second-order valence-electron chi connectivity index (χ2n) is 8.63. The van der Waals surface area contributed by atoms with Crippen molar-refractivity contribution in [1.29, 1.82) is 0 Å². The van der Waals surface area contributed by atoms with Crippen LogP contribution in [0.4, 0.5) is 13.2 Å². The third-order valence-electron chi connectivity index (χ3n) is 6.08. The summed E-state index contributed by atoms with van der Waals surface area (Å²) in [5, 5.41) is 15.4. The van der Waals surface area contributed by atoms with Crippen molar-refractivity contribution in [3.8, 4) is 17.1 Å². The van der Waals surface area contributed by atoms with Gasteiger partial charge in [-0.05, 0) is 43.0 Å². The number of furan rings is 1. The Morgan fingerprint density at radius 1 is 1.26 bits per heavy atom. The van der Waals surface area contributed by atoms with E-state index in [1.165, 1.54) is 18.2 Å². The van der Waals surface area contributed by atoms with E-state index in [9.17, 15) is 23.1 Å². The number of aromatic nitrogens is 4. The summed E-state index contributed by atoms with van der Waals surface area (Å²) in [5.74, 6) is -0.461. The first kappa shape index (κ1) is 25.3. The van der Waals surface area contributed by atoms with Crippen LogP contribution in [-0.2, 0) is 11.3 Å². The Balaban J connectivity index is 1.36. The molecule has 4 N–H and O–H groups in total. The molecule has 39 heavy (non-hydrogen) atoms. The number of H-pyrrole nitrogens is 2. The lowest BCUT2D eigenvalue weighted by Gasteiger charge is -2.24. The van der Waals surface area contributed by atoms with Gasteiger partial charge in [-0.1, -0.05) is 0 Å². The predicted molar refractivity (Wildman–Crippen MR) is 133 cm³/mol. The smallest absolute Gasteiger partial charge is 0.461 e. The average Bonchev–Trinajstić information content (AvgIpc) is 3.60. The van der Waals surface area contributed by atoms with Gasteiger partial charge >= 0.3 is 12.3 Å². The molecule has 1 aliphatic heterocycles. The van der Waals surface area contributed by atoms with Gasteiger partial charge in [0.2, 0.25) is 0 Å². The number of carbonyl (C=O) groups is 1. The minimum Gasteiger partial charge on any atom is -0.461 e. The second kappa shape index (κ2) is 9.63. The molecule has 1 unspecified atom stereocenters. The van der Waals surface area contributed by atoms with E-state index in [4.69, 9.17) is 9.15 Å². The number of rotatable bonds is 6. The number of benzene rings is 1. The molecule has 0 amide bonds. The monoisotopic (exact) mass is 559 g/mol. The highest BCUT2D eigenvalue weighted by molar-refractivity contribution is 7.99. The highest BCUT2D eigenvalue weighted by Crippen LogP contribution is 2.41. The standard InChI is InChI=1S/C25H20F3N5O5S/c1-2-36-23(35)22-21-12(8-30-22)19(20-15(31-21)9-29-10-16(20)34)17-5-6-18(37-17)39-24-32-13-4-3-11(7-14(13)33-24)38-25(26,27)28/h3-8,16,29-30,34H,2,9-10H2,1H3,(H,32,33). The molecule has 1 aromatic carbocycles. The van der Waals surface area contributed by atoms with Gasteiger partial charge in [-0.25, -0.2) is 14.8 Å². The van der Waals surface area contributed by atoms with Gasteiger partial charge in [0.25, 0.3) is 0 Å². The Labute approximate surface area is 221 Å². The minimum absolute atomic E-state index is 0.202. The number of fused-ring (bicyclic) bond motifs is 3. The summed E-state index contributed by atoms with van der Waals surface area (Å²) in [6, 6.07) is 7.29. The van der Waals surface area contributed by atoms with Crippen LogP contribution >= 0.6 is 11.8 Å². The van der Waals surface area contributed by atoms with Crippen LogP contribution in [0.2, 0.25) is 0 Å². The molecule has 1 atom stereocenters. The van der Waals surface area contributed by atoms with E-state index in [1.807, 2.05) is 0 Å². The molecule has 0 radical (unpaired) electrons. The van der Waals surface area contributed by atoms with Gasteiger partial charge in [0, 0.05) is 41.9 Å². The molecule has 4 aromatic heterocycles. The van der Waals surface area contributed by atoms with Crippen molar-refractivity contribution in [3.63, 3.8) is 0 Å². The van der Waals surface area contributed by atoms with Crippen LogP contribution in [0.1, 0.15) is 34.8 Å². The number of carbonyl (C=O) groups excluding carboxylic acids is 1. The Bertz CT molecular complexity index is 1710. The van der Waals surface area contributed by atoms with Gasteiger partial charge in [0.05, 0.1) is 29.4 Å². The van der Waals surface area contributed by atoms with Crippen LogP contribution in [0.15, 0.2) is 51.2 Å². The number of aliphatic hydroxyl groups is 1. The topological polar surface area (TPSA) is 138 Å². The lowest BCUT2D eigenvalue weighted by Crippen LogP contribution is -2.29. The maximum absolute atomic E-state index is 12.6. The molecule has 0 saturated carbocycles. The third-order valence-corrected chi connectivity index (χ3v) is 6.89. The number of ether oxygens (including phenoxy) is 2. The van der Waals surface area contributed by atoms with Crippen molar-refractivity contribution in [2.75, 3.05) is 13.2 Å². The van der Waals surface area contributed by atoms with Gasteiger partial charge in [0.15, 0.2) is 15.9 Å². The van der Waals surface area contributed by atoms with Gasteiger partial charge < -0.3 is 34.3 Å². The number of alkyl halides is 3. The summed E-state index contributed by atoms with van der Waals surface area (Å²) < 4.78 is 53.0. The maximum Gasteiger partial charge on any atom is 0.573 e. The summed E-state index contributed by atoms with van der Waals surface area (Å²) in [6.45, 7) is 2.63. The minimum atomic E-state index is -4.80. The van der Waals surface area contributed by atoms with Crippen molar-refractivity contribution < 1.29 is 37.0 Å². The van der Waals surface area contributed by atoms with Crippen LogP contribution in [0, 0.1) is 0 Å². The summed E-state index contributed by atoms with van der Waals surface area (Å²) in [6.07, 6.45) is -4.02. The number of imidazole rings is 1. The molecule has 0 aliphatic carbocycles. The van der Waals surface area contributed by atoms with E-state index in [1.54, 1.807) is 25.3 Å². The van der Waals surface area contributed by atoms with Crippen molar-refractivity contribution in [2.24, 2.45) is 0 Å². The molecule has 14 heteroatoms. The fourth-order valence-corrected chi connectivity index (χ4v) is 5.33. The van der Waals surface area contributed by atoms with E-state index in [0.717, 1.165) is 11.8 Å². The van der Waals surface area contributed by atoms with E-state index in [0.29, 0.717) is 67.9 Å². The van der Waals surface area contributed by atoms with Gasteiger partial charge in [-0.15, -0.1) is 13.2 Å². The Morgan fingerprint density at radius 3 is 2.90 bits per heavy atom. The van der Waals surface area contributed by atoms with Crippen molar-refractivity contribution in [1.82, 2.24) is 25.3 Å². The van der Waals surface area contributed by atoms with Crippen LogP contribution in [-0.4, -0.2) is 50.5 Å². The Kier molecular flexibility index (Phi) is 6.24. The predicted octanol–water partition coefficient (Wildman–Crippen LogP) is 5.06. The fourth-order valence-electron chi connectivity index (χ4n) is 4.57. The van der Waals surface area contributed by atoms with Crippen LogP contribution in [0.25, 0.3) is 33.3 Å². The fraction of sp³-hybridized carbons (Fsp3) is 0.240. The molecule has 6 rings (SSSR count). The highest BCUT2D eigenvalue weighted by atomic mass is 32.2. The van der Waals surface area contributed by atoms with E-state index >= 15 is 0 Å². The quantitative estimate of drug-likeness (QED) is 0.210. The number of aliphatic hydroxyl groups excluding tert-OH is 1. The molecule has 202 valence electrons. The first-order chi connectivity index (χ1) is 18.7. The SMILES string of the molecule is CCOC(=O)c1[nH]cc2c(-c3ccc(Sc4nc5ccc(OC(F)(F)F)cc5[nH]4)o3)c3c(nc12)CNCC3O. The largest absolute Gasteiger partial charge is 0.573 e. The zero-order chi connectivity index (χ0) is 27.3. The van der Waals surface area contributed by atoms with Crippen LogP contribution in [0.3, 0.4) is 0 Å². The first-order valence-corrected chi connectivity index (χ1v) is 12.6. The lowest BCUT2D eigenvalue weighted by atomic mass is 9.93. The second-order valence-corrected chi connectivity index (χ2v) is 9.62. The van der Waals surface area contributed by atoms with E-state index in [2.05, 4.69) is 30.0 Å². The molecule has 0 bridgehead atoms. The van der Waals surface area contributed by atoms with E-state index < -0.39 is 18.4 Å². The van der Waals surface area contributed by atoms with Crippen LogP contribution in [0.5, 0.6) is 5.75 Å². The zero-order valence-corrected chi connectivity index (χ0v) is 21.0.